The molecule has 2 saturated heterocycles. The van der Waals surface area contributed by atoms with E-state index in [1.165, 1.54) is 0 Å². The predicted octanol–water partition coefficient (Wildman–Crippen LogP) is 6.07. The van der Waals surface area contributed by atoms with Gasteiger partial charge in [-0.3, -0.25) is 0 Å². The molecule has 3 aromatic carbocycles. The molecule has 10 heteroatoms. The number of methoxy groups -OCH3 is 1. The van der Waals surface area contributed by atoms with Crippen LogP contribution in [0.1, 0.15) is 36.1 Å². The first kappa shape index (κ1) is 30.0. The van der Waals surface area contributed by atoms with Gasteiger partial charge in [0.05, 0.1) is 40.1 Å². The van der Waals surface area contributed by atoms with Gasteiger partial charge in [0.15, 0.2) is 12.1 Å². The lowest BCUT2D eigenvalue weighted by atomic mass is 10.1. The Kier molecular flexibility index (Phi) is 10.1. The summed E-state index contributed by atoms with van der Waals surface area (Å²) < 4.78 is 43.2. The maximum Gasteiger partial charge on any atom is 0.190 e. The quantitative estimate of drug-likeness (QED) is 0.130. The molecule has 3 aromatic rings. The zero-order valence-electron chi connectivity index (χ0n) is 24.1. The highest BCUT2D eigenvalue weighted by atomic mass is 16.8. The van der Waals surface area contributed by atoms with Crippen LogP contribution in [0, 0.1) is 0 Å². The monoisotopic (exact) mass is 575 g/mol. The first-order valence-electron chi connectivity index (χ1n) is 14.0. The van der Waals surface area contributed by atoms with Crippen molar-refractivity contribution in [2.45, 2.75) is 76.7 Å². The summed E-state index contributed by atoms with van der Waals surface area (Å²) in [5, 5.41) is 3.65. The second kappa shape index (κ2) is 14.1. The Morgan fingerprint density at radius 2 is 1.62 bits per heavy atom. The first-order chi connectivity index (χ1) is 20.4. The summed E-state index contributed by atoms with van der Waals surface area (Å²) in [6, 6.07) is 25.5. The second-order valence-electron chi connectivity index (χ2n) is 10.8. The van der Waals surface area contributed by atoms with E-state index in [4.69, 9.17) is 38.7 Å². The molecule has 10 nitrogen and oxygen atoms in total. The molecular weight excluding hydrogens is 538 g/mol. The third-order valence-electron chi connectivity index (χ3n) is 7.16. The summed E-state index contributed by atoms with van der Waals surface area (Å²) in [4.78, 5) is 2.84. The third-order valence-corrected chi connectivity index (χ3v) is 7.16. The van der Waals surface area contributed by atoms with Crippen molar-refractivity contribution in [1.29, 1.82) is 0 Å². The highest BCUT2D eigenvalue weighted by Crippen LogP contribution is 2.40. The lowest BCUT2D eigenvalue weighted by Gasteiger charge is -2.31. The van der Waals surface area contributed by atoms with E-state index in [2.05, 4.69) is 10.0 Å². The van der Waals surface area contributed by atoms with Crippen LogP contribution in [0.5, 0.6) is 5.75 Å². The lowest BCUT2D eigenvalue weighted by Crippen LogP contribution is -2.45. The van der Waals surface area contributed by atoms with Gasteiger partial charge in [0.25, 0.3) is 0 Å². The number of benzene rings is 3. The molecule has 42 heavy (non-hydrogen) atoms. The van der Waals surface area contributed by atoms with Crippen molar-refractivity contribution in [2.75, 3.05) is 13.7 Å². The number of hydrogen-bond donors (Lipinski definition) is 0. The summed E-state index contributed by atoms with van der Waals surface area (Å²) >= 11 is 0. The maximum atomic E-state index is 8.65. The standard InChI is InChI=1S/C32H37N3O7/c1-32(2)41-30-29(39-20-22-8-5-4-6-9-22)28(40-31(30)42-32)27(38-19-23-12-14-26(36-3)15-13-23)21-37-18-25-11-7-10-24(16-25)17-34-35-33/h4-16,27-31H,17-21H2,1-3H3/t27-,28-,29+,30-,31-/m1/s1. The summed E-state index contributed by atoms with van der Waals surface area (Å²) in [7, 11) is 1.64. The normalized spacial score (nSPS) is 23.2. The molecule has 2 fully saturated rings. The van der Waals surface area contributed by atoms with Gasteiger partial charge in [-0.1, -0.05) is 71.8 Å². The van der Waals surface area contributed by atoms with Gasteiger partial charge >= 0.3 is 0 Å². The first-order valence-corrected chi connectivity index (χ1v) is 14.0. The van der Waals surface area contributed by atoms with E-state index in [1.54, 1.807) is 7.11 Å². The minimum absolute atomic E-state index is 0.245. The molecule has 5 atom stereocenters. The van der Waals surface area contributed by atoms with Gasteiger partial charge in [0.1, 0.15) is 30.2 Å². The molecule has 0 radical (unpaired) electrons. The Hall–Kier alpha value is -3.47. The van der Waals surface area contributed by atoms with E-state index < -0.39 is 36.5 Å². The average molecular weight is 576 g/mol. The molecule has 222 valence electrons. The Morgan fingerprint density at radius 3 is 2.38 bits per heavy atom. The van der Waals surface area contributed by atoms with Crippen LogP contribution in [0.3, 0.4) is 0 Å². The van der Waals surface area contributed by atoms with Gasteiger partial charge in [-0.15, -0.1) is 0 Å². The Bertz CT molecular complexity index is 1330. The van der Waals surface area contributed by atoms with Gasteiger partial charge in [-0.25, -0.2) is 0 Å². The minimum Gasteiger partial charge on any atom is -0.497 e. The van der Waals surface area contributed by atoms with Crippen molar-refractivity contribution < 1.29 is 33.2 Å². The molecule has 0 spiro atoms. The molecule has 5 rings (SSSR count). The zero-order valence-corrected chi connectivity index (χ0v) is 24.1. The van der Waals surface area contributed by atoms with Crippen LogP contribution < -0.4 is 4.74 Å². The van der Waals surface area contributed by atoms with Crippen LogP contribution in [0.4, 0.5) is 0 Å². The topological polar surface area (TPSA) is 113 Å². The molecule has 2 heterocycles. The Labute approximate surface area is 246 Å². The zero-order chi connectivity index (χ0) is 29.4. The minimum atomic E-state index is -0.786. The summed E-state index contributed by atoms with van der Waals surface area (Å²) in [5.41, 5.74) is 12.6. The third kappa shape index (κ3) is 7.87. The smallest absolute Gasteiger partial charge is 0.190 e. The molecule has 0 amide bonds. The van der Waals surface area contributed by atoms with Crippen LogP contribution in [-0.2, 0) is 54.8 Å². The number of fused-ring (bicyclic) bond motifs is 1. The van der Waals surface area contributed by atoms with E-state index in [-0.39, 0.29) is 13.2 Å². The Morgan fingerprint density at radius 1 is 0.881 bits per heavy atom. The molecular formula is C32H37N3O7. The molecule has 2 aliphatic heterocycles. The van der Waals surface area contributed by atoms with E-state index in [0.717, 1.165) is 28.0 Å². The molecule has 0 N–H and O–H groups in total. The van der Waals surface area contributed by atoms with Crippen molar-refractivity contribution in [3.8, 4) is 5.75 Å². The second-order valence-corrected chi connectivity index (χ2v) is 10.8. The average Bonchev–Trinajstić information content (AvgIpc) is 3.49. The van der Waals surface area contributed by atoms with Crippen LogP contribution in [0.2, 0.25) is 0 Å². The fourth-order valence-corrected chi connectivity index (χ4v) is 5.15. The van der Waals surface area contributed by atoms with Crippen molar-refractivity contribution in [3.63, 3.8) is 0 Å². The van der Waals surface area contributed by atoms with Crippen molar-refractivity contribution >= 4 is 0 Å². The van der Waals surface area contributed by atoms with Gasteiger partial charge < -0.3 is 33.2 Å². The fourth-order valence-electron chi connectivity index (χ4n) is 5.15. The predicted molar refractivity (Wildman–Crippen MR) is 154 cm³/mol. The number of hydrogen-bond acceptors (Lipinski definition) is 8. The van der Waals surface area contributed by atoms with Gasteiger partial charge in [0, 0.05) is 4.91 Å². The van der Waals surface area contributed by atoms with Crippen LogP contribution >= 0.6 is 0 Å². The van der Waals surface area contributed by atoms with Crippen molar-refractivity contribution in [1.82, 2.24) is 0 Å². The summed E-state index contributed by atoms with van der Waals surface area (Å²) in [6.07, 6.45) is -2.45. The Balaban J connectivity index is 1.32. The van der Waals surface area contributed by atoms with Crippen LogP contribution in [0.25, 0.3) is 10.4 Å². The largest absolute Gasteiger partial charge is 0.497 e. The van der Waals surface area contributed by atoms with Crippen molar-refractivity contribution in [3.05, 3.63) is 112 Å². The maximum absolute atomic E-state index is 8.65. The summed E-state index contributed by atoms with van der Waals surface area (Å²) in [6.45, 7) is 5.35. The van der Waals surface area contributed by atoms with E-state index in [9.17, 15) is 0 Å². The van der Waals surface area contributed by atoms with Gasteiger partial charge in [0.2, 0.25) is 0 Å². The lowest BCUT2D eigenvalue weighted by molar-refractivity contribution is -0.238. The van der Waals surface area contributed by atoms with Gasteiger partial charge in [-0.05, 0) is 53.8 Å². The number of ether oxygens (including phenoxy) is 7. The molecule has 0 saturated carbocycles. The van der Waals surface area contributed by atoms with Gasteiger partial charge in [-0.2, -0.15) is 0 Å². The van der Waals surface area contributed by atoms with E-state index in [0.29, 0.717) is 19.8 Å². The molecule has 2 aliphatic rings. The molecule has 0 bridgehead atoms. The van der Waals surface area contributed by atoms with Crippen LogP contribution in [0.15, 0.2) is 84.0 Å². The van der Waals surface area contributed by atoms with Crippen LogP contribution in [-0.4, -0.2) is 50.2 Å². The highest BCUT2D eigenvalue weighted by molar-refractivity contribution is 5.27. The number of azide groups is 1. The van der Waals surface area contributed by atoms with E-state index in [1.807, 2.05) is 92.7 Å². The summed E-state index contributed by atoms with van der Waals surface area (Å²) in [5.74, 6) is -0.00912. The molecule has 0 aliphatic carbocycles. The van der Waals surface area contributed by atoms with E-state index >= 15 is 0 Å². The van der Waals surface area contributed by atoms with Crippen molar-refractivity contribution in [2.24, 2.45) is 5.11 Å². The SMILES string of the molecule is COc1ccc(CO[C@H](COCc2cccc(CN=[N+]=[N-])c2)[C@H]2O[C@@H]3OC(C)(C)O[C@@H]3[C@H]2OCc2ccccc2)cc1. The molecule has 0 aromatic heterocycles. The molecule has 0 unspecified atom stereocenters. The number of rotatable bonds is 14. The number of nitrogens with zero attached hydrogens (tertiary/aromatic N) is 3. The fraction of sp³-hybridized carbons (Fsp3) is 0.438. The highest BCUT2D eigenvalue weighted by Gasteiger charge is 2.57.